The lowest BCUT2D eigenvalue weighted by molar-refractivity contribution is -0.143. The van der Waals surface area contributed by atoms with Gasteiger partial charge in [0.05, 0.1) is 17.7 Å². The lowest BCUT2D eigenvalue weighted by Crippen LogP contribution is -2.44. The average Bonchev–Trinajstić information content (AvgIpc) is 0.673. The maximum atomic E-state index is 16.7. The summed E-state index contributed by atoms with van der Waals surface area (Å²) in [7, 11) is 1.67. The molecule has 1 aliphatic carbocycles. The van der Waals surface area contributed by atoms with Crippen LogP contribution in [0.15, 0.2) is 431 Å². The molecule has 12 heteroatoms. The van der Waals surface area contributed by atoms with Crippen LogP contribution in [0.5, 0.6) is 0 Å². The molecule has 0 bridgehead atoms. The standard InChI is InChI=1S/C138H106ClF10O/c1-6-7-8-9-10-13-28-94-43-51-107(52-44-94)128-125(105-49-41-97(42-50-105)39-40-98-31-23-33-120(140)81-98)88-126(106-65-63-104(64-66-106)124-35-20-21-36-127(124)143)129(108-69-59-100(60-70-108)101-75-79-119(139)80-76-101)133(128)135-132(110-55-45-95(46-56-110)30-22-29-92-24-14-11-15-25-92)130(109-53-47-96(48-54-109)38-37-93-26-16-12-17-27-93)131(111-67-57-99(58-68-111)91(4)114-82-117(137(144,145)146)86-118(83-114)138(147,148)149)134(112-71-61-102(62-72-112)115-84-121(141)87-122(142)85-115)136(135,90(2)3)116-77-73-103(74-78-116)123-34-19-18-32-113(123)89-150-5/h11-28,30-87,90,135H,4,6-10,29,89H2,1-3,5H3/b28-13+,30-22+,38-37+,40-39+. The Kier molecular flexibility index (Phi) is 31.1. The second kappa shape index (κ2) is 45.6. The van der Waals surface area contributed by atoms with Crippen LogP contribution >= 0.6 is 11.6 Å². The Morgan fingerprint density at radius 3 is 1.37 bits per heavy atom. The van der Waals surface area contributed by atoms with Gasteiger partial charge in [0.2, 0.25) is 0 Å². The molecule has 18 aromatic carbocycles. The number of methoxy groups -OCH3 is 1. The molecule has 18 aromatic rings. The van der Waals surface area contributed by atoms with Crippen LogP contribution in [0.1, 0.15) is 159 Å². The normalized spacial score (nSPS) is 14.1. The third-order valence-electron chi connectivity index (χ3n) is 28.4. The van der Waals surface area contributed by atoms with Gasteiger partial charge in [-0.25, -0.2) is 17.6 Å². The fourth-order valence-electron chi connectivity index (χ4n) is 21.0. The number of rotatable bonds is 32. The van der Waals surface area contributed by atoms with Crippen molar-refractivity contribution in [3.8, 4) is 89.0 Å². The number of unbranched alkanes of at least 4 members (excludes halogenated alkanes) is 4. The third kappa shape index (κ3) is 22.7. The van der Waals surface area contributed by atoms with Crippen LogP contribution in [0, 0.1) is 35.3 Å². The molecule has 0 fully saturated rings. The van der Waals surface area contributed by atoms with Crippen LogP contribution in [0.4, 0.5) is 43.9 Å². The van der Waals surface area contributed by atoms with Crippen LogP contribution in [0.25, 0.3) is 153 Å². The van der Waals surface area contributed by atoms with Crippen LogP contribution in [0.3, 0.4) is 0 Å². The van der Waals surface area contributed by atoms with Crippen molar-refractivity contribution in [2.75, 3.05) is 7.11 Å². The largest absolute Gasteiger partial charge is 0.416 e. The van der Waals surface area contributed by atoms with Crippen molar-refractivity contribution in [2.24, 2.45) is 5.92 Å². The number of ether oxygens (including phenoxy) is 1. The number of hydrogen-bond donors (Lipinski definition) is 0. The minimum absolute atomic E-state index is 0.113. The number of halogens is 11. The molecule has 19 rings (SSSR count). The summed E-state index contributed by atoms with van der Waals surface area (Å²) < 4.78 is 161. The van der Waals surface area contributed by atoms with Gasteiger partial charge in [-0.1, -0.05) is 453 Å². The fourth-order valence-corrected chi connectivity index (χ4v) is 21.1. The van der Waals surface area contributed by atoms with E-state index in [4.69, 9.17) is 16.3 Å². The van der Waals surface area contributed by atoms with E-state index in [1.807, 2.05) is 170 Å². The molecule has 0 spiro atoms. The van der Waals surface area contributed by atoms with Gasteiger partial charge in [0.15, 0.2) is 0 Å². The second-order valence-corrected chi connectivity index (χ2v) is 38.8. The summed E-state index contributed by atoms with van der Waals surface area (Å²) in [6, 6.07) is 133. The van der Waals surface area contributed by atoms with E-state index < -0.39 is 63.7 Å². The van der Waals surface area contributed by atoms with E-state index in [-0.39, 0.29) is 35.2 Å². The summed E-state index contributed by atoms with van der Waals surface area (Å²) in [4.78, 5) is 0. The van der Waals surface area contributed by atoms with Gasteiger partial charge < -0.3 is 4.74 Å². The summed E-state index contributed by atoms with van der Waals surface area (Å²) in [5.41, 5.74) is 20.7. The summed E-state index contributed by atoms with van der Waals surface area (Å²) >= 11 is 6.75. The van der Waals surface area contributed by atoms with Gasteiger partial charge in [-0.3, -0.25) is 0 Å². The lowest BCUT2D eigenvalue weighted by Gasteiger charge is -2.54. The average molecular weight is 2010 g/mol. The van der Waals surface area contributed by atoms with Crippen molar-refractivity contribution in [1.29, 1.82) is 0 Å². The highest BCUT2D eigenvalue weighted by Crippen LogP contribution is 2.69. The molecule has 0 aliphatic heterocycles. The van der Waals surface area contributed by atoms with E-state index in [0.29, 0.717) is 90.4 Å². The number of allylic oxidation sites excluding steroid dienone is 6. The lowest BCUT2D eigenvalue weighted by atomic mass is 9.48. The molecule has 0 saturated heterocycles. The molecule has 1 aliphatic rings. The van der Waals surface area contributed by atoms with Crippen molar-refractivity contribution in [3.63, 3.8) is 0 Å². The number of alkyl halides is 6. The second-order valence-electron chi connectivity index (χ2n) is 38.4. The summed E-state index contributed by atoms with van der Waals surface area (Å²) in [5, 5.41) is 0.563. The topological polar surface area (TPSA) is 9.23 Å². The molecular formula is C138H106ClF10O. The number of hydrogen-bond acceptors (Lipinski definition) is 1. The van der Waals surface area contributed by atoms with Gasteiger partial charge in [-0.05, 0) is 292 Å². The Balaban J connectivity index is 1.04. The molecule has 0 N–H and O–H groups in total. The van der Waals surface area contributed by atoms with Crippen LogP contribution in [-0.4, -0.2) is 7.11 Å². The van der Waals surface area contributed by atoms with E-state index in [1.165, 1.54) is 30.3 Å². The first kappa shape index (κ1) is 102. The third-order valence-corrected chi connectivity index (χ3v) is 28.6. The first-order valence-corrected chi connectivity index (χ1v) is 50.8. The Morgan fingerprint density at radius 1 is 0.373 bits per heavy atom. The first-order chi connectivity index (χ1) is 72.8. The van der Waals surface area contributed by atoms with Gasteiger partial charge in [0.25, 0.3) is 0 Å². The predicted molar refractivity (Wildman–Crippen MR) is 602 cm³/mol. The van der Waals surface area contributed by atoms with Gasteiger partial charge >= 0.3 is 12.4 Å². The van der Waals surface area contributed by atoms with Gasteiger partial charge in [0, 0.05) is 35.1 Å². The monoisotopic (exact) mass is 2000 g/mol. The smallest absolute Gasteiger partial charge is 0.380 e. The molecule has 0 saturated carbocycles. The van der Waals surface area contributed by atoms with Crippen molar-refractivity contribution < 1.29 is 48.6 Å². The zero-order valence-corrected chi connectivity index (χ0v) is 84.0. The summed E-state index contributed by atoms with van der Waals surface area (Å²) in [6.45, 7) is 11.3. The number of benzene rings is 18. The molecule has 150 heavy (non-hydrogen) atoms. The molecule has 1 nitrogen and oxygen atoms in total. The Bertz CT molecular complexity index is 8030. The molecule has 0 amide bonds. The minimum atomic E-state index is -5.19. The van der Waals surface area contributed by atoms with E-state index in [9.17, 15) is 0 Å². The molecule has 741 valence electrons. The Hall–Kier alpha value is -16.3. The van der Waals surface area contributed by atoms with Crippen molar-refractivity contribution in [2.45, 2.75) is 89.6 Å². The van der Waals surface area contributed by atoms with Gasteiger partial charge in [-0.15, -0.1) is 0 Å². The molecule has 0 aromatic heterocycles. The Labute approximate surface area is 876 Å². The SMILES string of the molecule is C=C(c1ccc(C2=C(c3ccc(-c4cc(F)cc(F)c4)cc3)C(c3ccc(-c4ccccc4COC)cc3)(C(C)C)C(c3c(-c4ccc(/C=C/CCCCCC)cc4)c(-c4ccc(/C=C/c5cccc(F)c5)cc4)[c]c(-c4ccc(-c5ccccc5F)cc4)c3-c3ccc(-c4ccc(Cl)cc4)cc3)C(c3ccc(/C=C/Cc4ccccc4)cc3)=C2c2ccc(/C=C/c3ccccc3)cc2)cc1)c1cc(C(F)(F)F)cc(C(F)(F)F)c1. The molecule has 1 radical (unpaired) electrons. The first-order valence-electron chi connectivity index (χ1n) is 50.5. The summed E-state index contributed by atoms with van der Waals surface area (Å²) in [5.74, 6) is -4.02. The zero-order valence-electron chi connectivity index (χ0n) is 83.3. The highest BCUT2D eigenvalue weighted by atomic mass is 35.5. The van der Waals surface area contributed by atoms with Crippen molar-refractivity contribution >= 4 is 75.9 Å². The van der Waals surface area contributed by atoms with Gasteiger partial charge in [0.1, 0.15) is 23.3 Å². The van der Waals surface area contributed by atoms with Crippen LogP contribution in [-0.2, 0) is 35.5 Å². The van der Waals surface area contributed by atoms with Crippen molar-refractivity contribution in [1.82, 2.24) is 0 Å². The fraction of sp³-hybridized carbons (Fsp3) is 0.116. The maximum absolute atomic E-state index is 16.7. The van der Waals surface area contributed by atoms with Crippen LogP contribution in [0.2, 0.25) is 5.02 Å². The highest BCUT2D eigenvalue weighted by Gasteiger charge is 2.56. The quantitative estimate of drug-likeness (QED) is 0.0232. The molecule has 2 unspecified atom stereocenters. The predicted octanol–water partition coefficient (Wildman–Crippen LogP) is 39.8. The molecule has 2 atom stereocenters. The van der Waals surface area contributed by atoms with Gasteiger partial charge in [-0.2, -0.15) is 26.3 Å². The molecular weight excluding hydrogens is 1900 g/mol. The minimum Gasteiger partial charge on any atom is -0.380 e. The van der Waals surface area contributed by atoms with Crippen molar-refractivity contribution in [3.05, 3.63) is 566 Å². The maximum Gasteiger partial charge on any atom is 0.416 e. The zero-order chi connectivity index (χ0) is 104. The van der Waals surface area contributed by atoms with Crippen LogP contribution < -0.4 is 0 Å². The van der Waals surface area contributed by atoms with E-state index in [0.717, 1.165) is 155 Å². The Morgan fingerprint density at radius 2 is 0.813 bits per heavy atom. The summed E-state index contributed by atoms with van der Waals surface area (Å²) in [6.07, 6.45) is 12.1. The highest BCUT2D eigenvalue weighted by molar-refractivity contribution is 6.30. The van der Waals surface area contributed by atoms with E-state index in [1.54, 1.807) is 37.4 Å². The van der Waals surface area contributed by atoms with E-state index in [2.05, 4.69) is 240 Å². The molecule has 0 heterocycles. The van der Waals surface area contributed by atoms with E-state index >= 15 is 43.9 Å².